The van der Waals surface area contributed by atoms with Crippen molar-refractivity contribution >= 4 is 19.8 Å². The Labute approximate surface area is 367 Å². The van der Waals surface area contributed by atoms with E-state index in [0.717, 1.165) is 38.5 Å². The van der Waals surface area contributed by atoms with Gasteiger partial charge in [-0.05, 0) is 51.4 Å². The molecule has 0 aromatic carbocycles. The molecule has 0 aliphatic heterocycles. The number of phosphoric ester groups is 1. The number of aliphatic hydroxyl groups excluding tert-OH is 2. The number of hydrogen-bond donors (Lipinski definition) is 2. The number of carbonyl (C=O) groups excluding carboxylic acids is 2. The van der Waals surface area contributed by atoms with Crippen LogP contribution >= 0.6 is 7.82 Å². The van der Waals surface area contributed by atoms with Crippen molar-refractivity contribution in [1.82, 2.24) is 0 Å². The predicted molar refractivity (Wildman–Crippen MR) is 243 cm³/mol. The molecular weight excluding hydrogens is 781 g/mol. The van der Waals surface area contributed by atoms with E-state index in [4.69, 9.17) is 18.5 Å². The van der Waals surface area contributed by atoms with Gasteiger partial charge in [-0.25, -0.2) is 0 Å². The van der Waals surface area contributed by atoms with Crippen molar-refractivity contribution in [3.05, 3.63) is 36.5 Å². The van der Waals surface area contributed by atoms with Gasteiger partial charge in [-0.1, -0.05) is 166 Å². The lowest BCUT2D eigenvalue weighted by atomic mass is 10.0. The van der Waals surface area contributed by atoms with E-state index in [0.29, 0.717) is 23.9 Å². The number of carbonyl (C=O) groups is 2. The fraction of sp³-hybridized carbons (Fsp3) is 0.833. The zero-order valence-electron chi connectivity index (χ0n) is 38.9. The van der Waals surface area contributed by atoms with E-state index in [-0.39, 0.29) is 38.9 Å². The van der Waals surface area contributed by atoms with Crippen molar-refractivity contribution < 1.29 is 52.3 Å². The molecule has 11 nitrogen and oxygen atoms in total. The van der Waals surface area contributed by atoms with Crippen molar-refractivity contribution in [2.24, 2.45) is 0 Å². The highest BCUT2D eigenvalue weighted by Gasteiger charge is 2.22. The highest BCUT2D eigenvalue weighted by molar-refractivity contribution is 7.45. The number of likely N-dealkylation sites (N-methyl/N-ethyl adjacent to an activating group) is 1. The highest BCUT2D eigenvalue weighted by atomic mass is 31.2. The number of quaternary nitrogens is 1. The van der Waals surface area contributed by atoms with Gasteiger partial charge in [0, 0.05) is 12.8 Å². The molecule has 0 bridgehead atoms. The minimum Gasteiger partial charge on any atom is -0.756 e. The van der Waals surface area contributed by atoms with E-state index in [1.54, 1.807) is 0 Å². The molecule has 0 heterocycles. The topological polar surface area (TPSA) is 152 Å². The molecule has 0 rings (SSSR count). The van der Waals surface area contributed by atoms with Crippen LogP contribution in [0.2, 0.25) is 0 Å². The molecule has 3 unspecified atom stereocenters. The summed E-state index contributed by atoms with van der Waals surface area (Å²) in [5.41, 5.74) is 0. The first-order chi connectivity index (χ1) is 28.8. The smallest absolute Gasteiger partial charge is 0.306 e. The van der Waals surface area contributed by atoms with Crippen LogP contribution in [-0.4, -0.2) is 92.5 Å². The van der Waals surface area contributed by atoms with Crippen LogP contribution < -0.4 is 4.89 Å². The van der Waals surface area contributed by atoms with E-state index in [1.165, 1.54) is 103 Å². The van der Waals surface area contributed by atoms with Gasteiger partial charge in [0.25, 0.3) is 7.82 Å². The first-order valence-corrected chi connectivity index (χ1v) is 25.3. The molecule has 0 radical (unpaired) electrons. The van der Waals surface area contributed by atoms with Gasteiger partial charge in [0.2, 0.25) is 0 Å². The van der Waals surface area contributed by atoms with Crippen LogP contribution in [0.15, 0.2) is 36.5 Å². The summed E-state index contributed by atoms with van der Waals surface area (Å²) in [5, 5.41) is 20.7. The lowest BCUT2D eigenvalue weighted by Crippen LogP contribution is -2.37. The number of unbranched alkanes of at least 4 members (excludes halogenated alkanes) is 19. The molecule has 0 aromatic rings. The standard InChI is InChI=1S/C48H90NO10P/c1-6-8-10-12-14-16-18-20-21-22-23-24-26-28-30-32-34-38-48(53)59-44(43-58-60(54,55)57-41-40-49(3,4)5)42-56-47(52)39-35-37-46(51)45(50)36-33-31-29-27-25-19-17-15-13-11-9-7-2/h15,17,25,27,31,33,44-46,50-51H,6-14,16,18-24,26,28-30,32,34-43H2,1-5H3/b17-15-,27-25-,33-31-/t44-,45?,46?/m1/s1. The van der Waals surface area contributed by atoms with Crippen molar-refractivity contribution in [3.8, 4) is 0 Å². The molecule has 0 amide bonds. The average Bonchev–Trinajstić information content (AvgIpc) is 3.19. The molecule has 2 N–H and O–H groups in total. The number of phosphoric acid groups is 1. The molecule has 0 aromatic heterocycles. The molecule has 0 saturated carbocycles. The van der Waals surface area contributed by atoms with Crippen LogP contribution in [0.3, 0.4) is 0 Å². The summed E-state index contributed by atoms with van der Waals surface area (Å²) in [6.07, 6.45) is 37.7. The number of hydrogen-bond acceptors (Lipinski definition) is 10. The maximum Gasteiger partial charge on any atom is 0.306 e. The van der Waals surface area contributed by atoms with Crippen molar-refractivity contribution in [3.63, 3.8) is 0 Å². The zero-order valence-corrected chi connectivity index (χ0v) is 39.8. The largest absolute Gasteiger partial charge is 0.756 e. The molecule has 12 heteroatoms. The van der Waals surface area contributed by atoms with Gasteiger partial charge in [-0.2, -0.15) is 0 Å². The van der Waals surface area contributed by atoms with E-state index in [9.17, 15) is 29.3 Å². The fourth-order valence-electron chi connectivity index (χ4n) is 6.46. The van der Waals surface area contributed by atoms with Gasteiger partial charge in [0.1, 0.15) is 19.8 Å². The number of aliphatic hydroxyl groups is 2. The van der Waals surface area contributed by atoms with Crippen LogP contribution in [0, 0.1) is 0 Å². The molecular formula is C48H90NO10P. The molecule has 352 valence electrons. The van der Waals surface area contributed by atoms with Crippen LogP contribution in [0.25, 0.3) is 0 Å². The monoisotopic (exact) mass is 872 g/mol. The van der Waals surface area contributed by atoms with E-state index >= 15 is 0 Å². The number of rotatable bonds is 43. The van der Waals surface area contributed by atoms with Crippen molar-refractivity contribution in [2.75, 3.05) is 47.5 Å². The first-order valence-electron chi connectivity index (χ1n) is 23.9. The maximum atomic E-state index is 12.7. The summed E-state index contributed by atoms with van der Waals surface area (Å²) >= 11 is 0. The van der Waals surface area contributed by atoms with Gasteiger partial charge in [0.15, 0.2) is 6.10 Å². The van der Waals surface area contributed by atoms with Crippen LogP contribution in [-0.2, 0) is 32.7 Å². The summed E-state index contributed by atoms with van der Waals surface area (Å²) in [4.78, 5) is 37.7. The van der Waals surface area contributed by atoms with Gasteiger partial charge in [-0.3, -0.25) is 14.2 Å². The summed E-state index contributed by atoms with van der Waals surface area (Å²) in [5.74, 6) is -1.11. The van der Waals surface area contributed by atoms with E-state index in [1.807, 2.05) is 33.3 Å². The third-order valence-electron chi connectivity index (χ3n) is 10.4. The third kappa shape index (κ3) is 41.5. The summed E-state index contributed by atoms with van der Waals surface area (Å²) in [6.45, 7) is 3.88. The minimum atomic E-state index is -4.69. The third-order valence-corrected chi connectivity index (χ3v) is 11.3. The average molecular weight is 872 g/mol. The van der Waals surface area contributed by atoms with Crippen LogP contribution in [0.1, 0.15) is 194 Å². The lowest BCUT2D eigenvalue weighted by molar-refractivity contribution is -0.870. The molecule has 0 aliphatic carbocycles. The number of nitrogens with zero attached hydrogens (tertiary/aromatic N) is 1. The minimum absolute atomic E-state index is 0.0353. The lowest BCUT2D eigenvalue weighted by Gasteiger charge is -2.28. The molecule has 0 aliphatic rings. The van der Waals surface area contributed by atoms with Crippen molar-refractivity contribution in [1.29, 1.82) is 0 Å². The molecule has 0 fully saturated rings. The summed E-state index contributed by atoms with van der Waals surface area (Å²) in [6, 6.07) is 0. The zero-order chi connectivity index (χ0) is 44.6. The Hall–Kier alpha value is -1.85. The number of allylic oxidation sites excluding steroid dienone is 5. The molecule has 0 saturated heterocycles. The van der Waals surface area contributed by atoms with Crippen molar-refractivity contribution in [2.45, 2.75) is 212 Å². The Balaban J connectivity index is 4.52. The molecule has 0 spiro atoms. The van der Waals surface area contributed by atoms with E-state index in [2.05, 4.69) is 38.2 Å². The van der Waals surface area contributed by atoms with Gasteiger partial charge in [0.05, 0.1) is 40.0 Å². The quantitative estimate of drug-likeness (QED) is 0.0199. The predicted octanol–water partition coefficient (Wildman–Crippen LogP) is 11.0. The van der Waals surface area contributed by atoms with Gasteiger partial charge in [-0.15, -0.1) is 0 Å². The first kappa shape index (κ1) is 58.1. The second-order valence-electron chi connectivity index (χ2n) is 17.4. The molecule has 4 atom stereocenters. The Morgan fingerprint density at radius 1 is 0.600 bits per heavy atom. The Morgan fingerprint density at radius 2 is 1.08 bits per heavy atom. The number of esters is 2. The van der Waals surface area contributed by atoms with Crippen LogP contribution in [0.5, 0.6) is 0 Å². The Bertz CT molecular complexity index is 1150. The summed E-state index contributed by atoms with van der Waals surface area (Å²) in [7, 11) is 1.02. The molecule has 60 heavy (non-hydrogen) atoms. The fourth-order valence-corrected chi connectivity index (χ4v) is 7.19. The SMILES string of the molecule is CCCCC/C=C\C/C=C\C/C=C\CC(O)C(O)CCCC(=O)OC[C@H](COP(=O)([O-])OCC[N+](C)(C)C)OC(=O)CCCCCCCCCCCCCCCCCCC. The van der Waals surface area contributed by atoms with Gasteiger partial charge >= 0.3 is 11.9 Å². The maximum absolute atomic E-state index is 12.7. The van der Waals surface area contributed by atoms with Crippen LogP contribution in [0.4, 0.5) is 0 Å². The highest BCUT2D eigenvalue weighted by Crippen LogP contribution is 2.38. The Morgan fingerprint density at radius 3 is 1.63 bits per heavy atom. The second kappa shape index (κ2) is 40.0. The Kier molecular flexibility index (Phi) is 38.7. The normalized spacial score (nSPS) is 14.9. The second-order valence-corrected chi connectivity index (χ2v) is 18.8. The number of ether oxygens (including phenoxy) is 2. The van der Waals surface area contributed by atoms with Gasteiger partial charge < -0.3 is 38.1 Å². The van der Waals surface area contributed by atoms with E-state index < -0.39 is 44.7 Å². The summed E-state index contributed by atoms with van der Waals surface area (Å²) < 4.78 is 33.7.